The SMILES string of the molecule is O=c1[nH]cc(OCC(F)F)c2ccc(Br)cc12. The monoisotopic (exact) mass is 303 g/mol. The second-order valence-corrected chi connectivity index (χ2v) is 4.29. The highest BCUT2D eigenvalue weighted by atomic mass is 79.9. The van der Waals surface area contributed by atoms with E-state index in [-0.39, 0.29) is 11.3 Å². The molecule has 0 saturated carbocycles. The first kappa shape index (κ1) is 12.0. The molecule has 0 saturated heterocycles. The number of pyridine rings is 1. The number of fused-ring (bicyclic) bond motifs is 1. The standard InChI is InChI=1S/C11H8BrF2NO2/c12-6-1-2-7-8(3-6)11(16)15-4-9(7)17-5-10(13)14/h1-4,10H,5H2,(H,15,16). The highest BCUT2D eigenvalue weighted by Gasteiger charge is 2.09. The Balaban J connectivity index is 2.51. The molecule has 1 N–H and O–H groups in total. The van der Waals surface area contributed by atoms with Gasteiger partial charge in [0, 0.05) is 16.1 Å². The number of hydrogen-bond donors (Lipinski definition) is 1. The fraction of sp³-hybridized carbons (Fsp3) is 0.182. The van der Waals surface area contributed by atoms with E-state index in [0.717, 1.165) is 4.47 Å². The minimum Gasteiger partial charge on any atom is -0.485 e. The van der Waals surface area contributed by atoms with Crippen LogP contribution in [0.2, 0.25) is 0 Å². The minimum absolute atomic E-state index is 0.243. The first-order valence-electron chi connectivity index (χ1n) is 4.80. The van der Waals surface area contributed by atoms with E-state index >= 15 is 0 Å². The van der Waals surface area contributed by atoms with Crippen molar-refractivity contribution in [2.75, 3.05) is 6.61 Å². The number of aromatic amines is 1. The third-order valence-electron chi connectivity index (χ3n) is 2.19. The summed E-state index contributed by atoms with van der Waals surface area (Å²) in [5.74, 6) is 0.243. The van der Waals surface area contributed by atoms with Crippen LogP contribution >= 0.6 is 15.9 Å². The predicted octanol–water partition coefficient (Wildman–Crippen LogP) is 2.93. The van der Waals surface area contributed by atoms with Crippen LogP contribution in [0.1, 0.15) is 0 Å². The Morgan fingerprint density at radius 3 is 2.82 bits per heavy atom. The van der Waals surface area contributed by atoms with E-state index in [2.05, 4.69) is 20.9 Å². The van der Waals surface area contributed by atoms with Gasteiger partial charge in [-0.3, -0.25) is 4.79 Å². The lowest BCUT2D eigenvalue weighted by atomic mass is 10.1. The zero-order valence-corrected chi connectivity index (χ0v) is 10.1. The molecule has 0 aliphatic carbocycles. The number of aromatic nitrogens is 1. The van der Waals surface area contributed by atoms with E-state index in [0.29, 0.717) is 10.8 Å². The van der Waals surface area contributed by atoms with Gasteiger partial charge in [0.15, 0.2) is 0 Å². The number of nitrogens with one attached hydrogen (secondary N) is 1. The van der Waals surface area contributed by atoms with Crippen molar-refractivity contribution in [3.05, 3.63) is 39.2 Å². The molecule has 17 heavy (non-hydrogen) atoms. The Hall–Kier alpha value is -1.43. The molecule has 1 aromatic heterocycles. The Morgan fingerprint density at radius 2 is 2.12 bits per heavy atom. The Labute approximate surface area is 104 Å². The highest BCUT2D eigenvalue weighted by Crippen LogP contribution is 2.25. The number of rotatable bonds is 3. The Bertz CT molecular complexity index is 598. The van der Waals surface area contributed by atoms with Crippen molar-refractivity contribution in [2.24, 2.45) is 0 Å². The normalized spacial score (nSPS) is 11.1. The van der Waals surface area contributed by atoms with Gasteiger partial charge in [-0.05, 0) is 18.2 Å². The van der Waals surface area contributed by atoms with Crippen molar-refractivity contribution in [1.82, 2.24) is 4.98 Å². The third kappa shape index (κ3) is 2.63. The lowest BCUT2D eigenvalue weighted by Gasteiger charge is -2.08. The first-order chi connectivity index (χ1) is 8.08. The first-order valence-corrected chi connectivity index (χ1v) is 5.59. The zero-order chi connectivity index (χ0) is 12.4. The molecule has 0 bridgehead atoms. The van der Waals surface area contributed by atoms with Gasteiger partial charge in [-0.15, -0.1) is 0 Å². The number of alkyl halides is 2. The summed E-state index contributed by atoms with van der Waals surface area (Å²) in [7, 11) is 0. The number of hydrogen-bond acceptors (Lipinski definition) is 2. The van der Waals surface area contributed by atoms with Crippen LogP contribution in [0.5, 0.6) is 5.75 Å². The van der Waals surface area contributed by atoms with E-state index in [1.54, 1.807) is 18.2 Å². The zero-order valence-electron chi connectivity index (χ0n) is 8.54. The molecule has 0 atom stereocenters. The summed E-state index contributed by atoms with van der Waals surface area (Å²) in [5, 5.41) is 0.906. The second-order valence-electron chi connectivity index (χ2n) is 3.37. The molecule has 90 valence electrons. The van der Waals surface area contributed by atoms with Gasteiger partial charge >= 0.3 is 0 Å². The Kier molecular flexibility index (Phi) is 3.42. The summed E-state index contributed by atoms with van der Waals surface area (Å²) in [6.07, 6.45) is -1.26. The molecule has 2 rings (SSSR count). The summed E-state index contributed by atoms with van der Waals surface area (Å²) in [6, 6.07) is 4.98. The van der Waals surface area contributed by atoms with Gasteiger partial charge in [-0.1, -0.05) is 15.9 Å². The smallest absolute Gasteiger partial charge is 0.272 e. The Morgan fingerprint density at radius 1 is 1.35 bits per heavy atom. The molecule has 3 nitrogen and oxygen atoms in total. The summed E-state index contributed by atoms with van der Waals surface area (Å²) < 4.78 is 29.8. The number of halogens is 3. The molecule has 0 radical (unpaired) electrons. The van der Waals surface area contributed by atoms with Crippen LogP contribution in [0.3, 0.4) is 0 Å². The van der Waals surface area contributed by atoms with Crippen molar-refractivity contribution in [3.8, 4) is 5.75 Å². The molecule has 2 aromatic rings. The highest BCUT2D eigenvalue weighted by molar-refractivity contribution is 9.10. The summed E-state index contributed by atoms with van der Waals surface area (Å²) in [4.78, 5) is 14.0. The molecular weight excluding hydrogens is 296 g/mol. The molecule has 0 fully saturated rings. The van der Waals surface area contributed by atoms with Crippen LogP contribution in [-0.4, -0.2) is 18.0 Å². The minimum atomic E-state index is -2.55. The van der Waals surface area contributed by atoms with E-state index in [4.69, 9.17) is 4.74 Å². The van der Waals surface area contributed by atoms with Gasteiger partial charge in [0.05, 0.1) is 5.39 Å². The largest absolute Gasteiger partial charge is 0.485 e. The van der Waals surface area contributed by atoms with E-state index in [1.807, 2.05) is 0 Å². The van der Waals surface area contributed by atoms with Gasteiger partial charge in [0.25, 0.3) is 12.0 Å². The van der Waals surface area contributed by atoms with Crippen LogP contribution < -0.4 is 10.3 Å². The average Bonchev–Trinajstić information content (AvgIpc) is 2.28. The van der Waals surface area contributed by atoms with Gasteiger partial charge in [-0.25, -0.2) is 8.78 Å². The maximum atomic E-state index is 12.1. The third-order valence-corrected chi connectivity index (χ3v) is 2.68. The van der Waals surface area contributed by atoms with E-state index in [9.17, 15) is 13.6 Å². The van der Waals surface area contributed by atoms with Crippen LogP contribution in [0.15, 0.2) is 33.7 Å². The van der Waals surface area contributed by atoms with Gasteiger partial charge in [0.1, 0.15) is 12.4 Å². The number of benzene rings is 1. The lowest BCUT2D eigenvalue weighted by Crippen LogP contribution is -2.11. The van der Waals surface area contributed by atoms with Crippen LogP contribution in [-0.2, 0) is 0 Å². The van der Waals surface area contributed by atoms with Crippen molar-refractivity contribution in [2.45, 2.75) is 6.43 Å². The molecule has 1 aromatic carbocycles. The molecule has 0 spiro atoms. The van der Waals surface area contributed by atoms with Crippen molar-refractivity contribution in [3.63, 3.8) is 0 Å². The summed E-state index contributed by atoms with van der Waals surface area (Å²) >= 11 is 3.24. The fourth-order valence-electron chi connectivity index (χ4n) is 1.48. The molecule has 0 amide bonds. The summed E-state index contributed by atoms with van der Waals surface area (Å²) in [6.45, 7) is -0.697. The van der Waals surface area contributed by atoms with Gasteiger partial charge in [0.2, 0.25) is 0 Å². The number of H-pyrrole nitrogens is 1. The fourth-order valence-corrected chi connectivity index (χ4v) is 1.84. The predicted molar refractivity (Wildman–Crippen MR) is 63.8 cm³/mol. The van der Waals surface area contributed by atoms with Gasteiger partial charge < -0.3 is 9.72 Å². The molecular formula is C11H8BrF2NO2. The van der Waals surface area contributed by atoms with Crippen LogP contribution in [0, 0.1) is 0 Å². The van der Waals surface area contributed by atoms with Crippen LogP contribution in [0.25, 0.3) is 10.8 Å². The topological polar surface area (TPSA) is 42.1 Å². The molecule has 1 heterocycles. The van der Waals surface area contributed by atoms with Gasteiger partial charge in [-0.2, -0.15) is 0 Å². The van der Waals surface area contributed by atoms with Crippen molar-refractivity contribution >= 4 is 26.7 Å². The maximum absolute atomic E-state index is 12.1. The van der Waals surface area contributed by atoms with Crippen LogP contribution in [0.4, 0.5) is 8.78 Å². The lowest BCUT2D eigenvalue weighted by molar-refractivity contribution is 0.0825. The molecule has 0 aliphatic rings. The quantitative estimate of drug-likeness (QED) is 0.947. The molecule has 6 heteroatoms. The number of ether oxygens (including phenoxy) is 1. The van der Waals surface area contributed by atoms with E-state index < -0.39 is 13.0 Å². The van der Waals surface area contributed by atoms with Crippen molar-refractivity contribution < 1.29 is 13.5 Å². The summed E-state index contributed by atoms with van der Waals surface area (Å²) in [5.41, 5.74) is -0.286. The molecule has 0 unspecified atom stereocenters. The average molecular weight is 304 g/mol. The van der Waals surface area contributed by atoms with E-state index in [1.165, 1.54) is 6.20 Å². The maximum Gasteiger partial charge on any atom is 0.272 e. The molecule has 0 aliphatic heterocycles. The second kappa shape index (κ2) is 4.83. The van der Waals surface area contributed by atoms with Crippen molar-refractivity contribution in [1.29, 1.82) is 0 Å².